The van der Waals surface area contributed by atoms with Gasteiger partial charge in [-0.3, -0.25) is 14.4 Å². The molecule has 0 bridgehead atoms. The molecule has 3 amide bonds. The molecule has 2 N–H and O–H groups in total. The Kier molecular flexibility index (Phi) is 7.56. The second kappa shape index (κ2) is 10.2. The normalized spacial score (nSPS) is 17.8. The lowest BCUT2D eigenvalue weighted by molar-refractivity contribution is -0.132. The van der Waals surface area contributed by atoms with E-state index in [9.17, 15) is 14.4 Å². The minimum atomic E-state index is -1.05. The number of hydrogen-bond donors (Lipinski definition) is 2. The molecule has 1 aliphatic heterocycles. The Morgan fingerprint density at radius 1 is 1.21 bits per heavy atom. The third-order valence-corrected chi connectivity index (χ3v) is 6.22. The number of carbonyl (C=O) groups is 3. The molecule has 3 rings (SSSR count). The number of nitrogens with zero attached hydrogens (tertiary/aromatic N) is 3. The summed E-state index contributed by atoms with van der Waals surface area (Å²) >= 11 is 0. The van der Waals surface area contributed by atoms with Crippen molar-refractivity contribution in [2.24, 2.45) is 5.92 Å². The molecule has 1 aromatic carbocycles. The van der Waals surface area contributed by atoms with Crippen molar-refractivity contribution in [2.45, 2.75) is 66.1 Å². The van der Waals surface area contributed by atoms with E-state index in [0.29, 0.717) is 32.0 Å². The number of benzene rings is 1. The lowest BCUT2D eigenvalue weighted by atomic mass is 9.93. The van der Waals surface area contributed by atoms with Crippen molar-refractivity contribution >= 4 is 17.7 Å². The summed E-state index contributed by atoms with van der Waals surface area (Å²) in [7, 11) is 0. The number of rotatable bonds is 9. The predicted molar refractivity (Wildman–Crippen MR) is 127 cm³/mol. The largest absolute Gasteiger partial charge is 0.354 e. The van der Waals surface area contributed by atoms with E-state index in [1.807, 2.05) is 38.1 Å². The highest BCUT2D eigenvalue weighted by atomic mass is 16.2. The summed E-state index contributed by atoms with van der Waals surface area (Å²) in [6.07, 6.45) is 3.05. The first-order chi connectivity index (χ1) is 15.7. The maximum atomic E-state index is 13.5. The standard InChI is InChI=1S/C25H35N5O3/c1-6-13-30-23(32)21-20(22(31)27-14-19-10-8-7-9-18(19)4)28-16-29(21)15-25(30,5)24(33)26-12-11-17(2)3/h7-10,16-17H,6,11-15H2,1-5H3,(H,26,33)(H,27,31)/t25-/m0/s1. The molecule has 0 spiro atoms. The van der Waals surface area contributed by atoms with Crippen LogP contribution in [-0.2, 0) is 17.9 Å². The van der Waals surface area contributed by atoms with Crippen LogP contribution in [0.1, 0.15) is 72.6 Å². The molecule has 1 aromatic heterocycles. The second-order valence-corrected chi connectivity index (χ2v) is 9.35. The number of nitrogens with one attached hydrogen (secondary N) is 2. The van der Waals surface area contributed by atoms with Crippen LogP contribution >= 0.6 is 0 Å². The van der Waals surface area contributed by atoms with Gasteiger partial charge in [-0.2, -0.15) is 0 Å². The predicted octanol–water partition coefficient (Wildman–Crippen LogP) is 2.91. The van der Waals surface area contributed by atoms with Crippen molar-refractivity contribution in [3.63, 3.8) is 0 Å². The minimum absolute atomic E-state index is 0.0944. The average molecular weight is 454 g/mol. The zero-order chi connectivity index (χ0) is 24.2. The van der Waals surface area contributed by atoms with E-state index < -0.39 is 11.4 Å². The monoisotopic (exact) mass is 453 g/mol. The quantitative estimate of drug-likeness (QED) is 0.610. The summed E-state index contributed by atoms with van der Waals surface area (Å²) in [6, 6.07) is 7.81. The maximum Gasteiger partial charge on any atom is 0.273 e. The van der Waals surface area contributed by atoms with Gasteiger partial charge in [0.2, 0.25) is 5.91 Å². The van der Waals surface area contributed by atoms with Crippen LogP contribution in [0.3, 0.4) is 0 Å². The fourth-order valence-electron chi connectivity index (χ4n) is 4.16. The van der Waals surface area contributed by atoms with Gasteiger partial charge in [-0.25, -0.2) is 4.98 Å². The van der Waals surface area contributed by atoms with Crippen LogP contribution in [0.2, 0.25) is 0 Å². The summed E-state index contributed by atoms with van der Waals surface area (Å²) in [5.74, 6) is -0.460. The Morgan fingerprint density at radius 3 is 2.61 bits per heavy atom. The molecule has 0 saturated heterocycles. The van der Waals surface area contributed by atoms with E-state index in [4.69, 9.17) is 0 Å². The highest BCUT2D eigenvalue weighted by molar-refractivity contribution is 6.07. The van der Waals surface area contributed by atoms with Gasteiger partial charge in [0.1, 0.15) is 11.2 Å². The number of amides is 3. The highest BCUT2D eigenvalue weighted by Gasteiger charge is 2.48. The summed E-state index contributed by atoms with van der Waals surface area (Å²) in [6.45, 7) is 11.5. The molecule has 8 heteroatoms. The fourth-order valence-corrected chi connectivity index (χ4v) is 4.16. The van der Waals surface area contributed by atoms with Gasteiger partial charge in [0, 0.05) is 19.6 Å². The van der Waals surface area contributed by atoms with Crippen molar-refractivity contribution in [2.75, 3.05) is 13.1 Å². The Balaban J connectivity index is 1.83. The molecule has 2 aromatic rings. The second-order valence-electron chi connectivity index (χ2n) is 9.35. The molecule has 0 aliphatic carbocycles. The zero-order valence-electron chi connectivity index (χ0n) is 20.3. The Morgan fingerprint density at radius 2 is 1.94 bits per heavy atom. The van der Waals surface area contributed by atoms with Crippen molar-refractivity contribution in [3.05, 3.63) is 53.1 Å². The van der Waals surface area contributed by atoms with E-state index in [-0.39, 0.29) is 29.7 Å². The van der Waals surface area contributed by atoms with Crippen molar-refractivity contribution in [1.82, 2.24) is 25.1 Å². The molecular weight excluding hydrogens is 418 g/mol. The van der Waals surface area contributed by atoms with Gasteiger partial charge in [-0.15, -0.1) is 0 Å². The number of imidazole rings is 1. The van der Waals surface area contributed by atoms with Crippen LogP contribution in [0, 0.1) is 12.8 Å². The van der Waals surface area contributed by atoms with Gasteiger partial charge >= 0.3 is 0 Å². The molecule has 1 aliphatic rings. The third kappa shape index (κ3) is 5.10. The van der Waals surface area contributed by atoms with E-state index in [1.165, 1.54) is 6.33 Å². The van der Waals surface area contributed by atoms with Gasteiger partial charge in [0.25, 0.3) is 11.8 Å². The minimum Gasteiger partial charge on any atom is -0.354 e. The van der Waals surface area contributed by atoms with Gasteiger partial charge in [-0.05, 0) is 43.7 Å². The molecule has 0 unspecified atom stereocenters. The first-order valence-corrected chi connectivity index (χ1v) is 11.7. The van der Waals surface area contributed by atoms with E-state index >= 15 is 0 Å². The van der Waals surface area contributed by atoms with Crippen molar-refractivity contribution < 1.29 is 14.4 Å². The Hall–Kier alpha value is -3.16. The van der Waals surface area contributed by atoms with Crippen molar-refractivity contribution in [3.8, 4) is 0 Å². The van der Waals surface area contributed by atoms with Gasteiger partial charge < -0.3 is 20.1 Å². The SMILES string of the molecule is CCCN1C(=O)c2c(C(=O)NCc3ccccc3C)ncn2C[C@@]1(C)C(=O)NCCC(C)C. The molecule has 0 radical (unpaired) electrons. The first-order valence-electron chi connectivity index (χ1n) is 11.7. The number of carbonyl (C=O) groups excluding carboxylic acids is 3. The zero-order valence-corrected chi connectivity index (χ0v) is 20.3. The lowest BCUT2D eigenvalue weighted by Gasteiger charge is -2.43. The van der Waals surface area contributed by atoms with Gasteiger partial charge in [0.15, 0.2) is 5.69 Å². The molecule has 178 valence electrons. The number of aromatic nitrogens is 2. The van der Waals surface area contributed by atoms with E-state index in [2.05, 4.69) is 29.5 Å². The lowest BCUT2D eigenvalue weighted by Crippen LogP contribution is -2.64. The number of fused-ring (bicyclic) bond motifs is 1. The van der Waals surface area contributed by atoms with Crippen LogP contribution in [0.5, 0.6) is 0 Å². The summed E-state index contributed by atoms with van der Waals surface area (Å²) in [5.41, 5.74) is 1.36. The number of aryl methyl sites for hydroxylation is 1. The average Bonchev–Trinajstić information content (AvgIpc) is 3.19. The Bertz CT molecular complexity index is 1030. The van der Waals surface area contributed by atoms with E-state index in [0.717, 1.165) is 17.5 Å². The molecule has 1 atom stereocenters. The summed E-state index contributed by atoms with van der Waals surface area (Å²) in [5, 5.41) is 5.87. The summed E-state index contributed by atoms with van der Waals surface area (Å²) in [4.78, 5) is 45.5. The van der Waals surface area contributed by atoms with Crippen LogP contribution < -0.4 is 10.6 Å². The van der Waals surface area contributed by atoms with Crippen molar-refractivity contribution in [1.29, 1.82) is 0 Å². The molecule has 0 fully saturated rings. The topological polar surface area (TPSA) is 96.3 Å². The van der Waals surface area contributed by atoms with Gasteiger partial charge in [0.05, 0.1) is 12.9 Å². The molecule has 2 heterocycles. The maximum absolute atomic E-state index is 13.5. The van der Waals surface area contributed by atoms with Crippen LogP contribution in [0.25, 0.3) is 0 Å². The van der Waals surface area contributed by atoms with Crippen LogP contribution in [0.4, 0.5) is 0 Å². The third-order valence-electron chi connectivity index (χ3n) is 6.22. The molecular formula is C25H35N5O3. The molecule has 33 heavy (non-hydrogen) atoms. The Labute approximate surface area is 195 Å². The number of hydrogen-bond acceptors (Lipinski definition) is 4. The summed E-state index contributed by atoms with van der Waals surface area (Å²) < 4.78 is 1.64. The van der Waals surface area contributed by atoms with Gasteiger partial charge in [-0.1, -0.05) is 45.0 Å². The fraction of sp³-hybridized carbons (Fsp3) is 0.520. The van der Waals surface area contributed by atoms with E-state index in [1.54, 1.807) is 16.4 Å². The molecule has 0 saturated carbocycles. The molecule has 8 nitrogen and oxygen atoms in total. The smallest absolute Gasteiger partial charge is 0.273 e. The highest BCUT2D eigenvalue weighted by Crippen LogP contribution is 2.29. The first kappa shape index (κ1) is 24.5. The van der Waals surface area contributed by atoms with Crippen LogP contribution in [0.15, 0.2) is 30.6 Å². The van der Waals surface area contributed by atoms with Crippen LogP contribution in [-0.4, -0.2) is 50.8 Å².